The van der Waals surface area contributed by atoms with Crippen molar-refractivity contribution in [1.82, 2.24) is 0 Å². The zero-order chi connectivity index (χ0) is 15.7. The van der Waals surface area contributed by atoms with E-state index in [-0.39, 0.29) is 12.5 Å². The Hall–Kier alpha value is -2.17. The van der Waals surface area contributed by atoms with Crippen molar-refractivity contribution < 1.29 is 20.1 Å². The summed E-state index contributed by atoms with van der Waals surface area (Å²) >= 11 is 0. The molecule has 0 bridgehead atoms. The Kier molecular flexibility index (Phi) is 3.96. The van der Waals surface area contributed by atoms with Gasteiger partial charge >= 0.3 is 5.97 Å². The van der Waals surface area contributed by atoms with Crippen molar-refractivity contribution in [3.05, 3.63) is 71.3 Å². The minimum absolute atomic E-state index is 0.365. The van der Waals surface area contributed by atoms with E-state index < -0.39 is 23.9 Å². The number of carbonyl (C=O) groups is 1. The van der Waals surface area contributed by atoms with Gasteiger partial charge in [0, 0.05) is 18.4 Å². The maximum Gasteiger partial charge on any atom is 0.307 e. The van der Waals surface area contributed by atoms with E-state index in [1.54, 1.807) is 6.07 Å². The predicted octanol–water partition coefficient (Wildman–Crippen LogP) is 2.17. The fourth-order valence-electron chi connectivity index (χ4n) is 3.52. The predicted molar refractivity (Wildman–Crippen MR) is 81.4 cm³/mol. The van der Waals surface area contributed by atoms with Crippen LogP contribution in [0.2, 0.25) is 0 Å². The number of rotatable bonds is 3. The summed E-state index contributed by atoms with van der Waals surface area (Å²) in [5.41, 5.74) is 2.40. The van der Waals surface area contributed by atoms with Gasteiger partial charge in [0.25, 0.3) is 0 Å². The van der Waals surface area contributed by atoms with Gasteiger partial charge in [0.15, 0.2) is 0 Å². The van der Waals surface area contributed by atoms with E-state index in [9.17, 15) is 20.1 Å². The summed E-state index contributed by atoms with van der Waals surface area (Å²) in [5.74, 6) is -2.97. The number of benzene rings is 2. The first-order valence-electron chi connectivity index (χ1n) is 7.30. The molecule has 0 unspecified atom stereocenters. The van der Waals surface area contributed by atoms with Crippen molar-refractivity contribution in [1.29, 1.82) is 0 Å². The van der Waals surface area contributed by atoms with Gasteiger partial charge in [-0.3, -0.25) is 4.79 Å². The molecule has 3 rings (SSSR count). The lowest BCUT2D eigenvalue weighted by Crippen LogP contribution is -2.40. The Balaban J connectivity index is 2.22. The molecular formula is C18H18O4. The van der Waals surface area contributed by atoms with Gasteiger partial charge in [-0.1, -0.05) is 54.6 Å². The van der Waals surface area contributed by atoms with Gasteiger partial charge in [0.05, 0.1) is 12.0 Å². The summed E-state index contributed by atoms with van der Waals surface area (Å²) < 4.78 is 0. The SMILES string of the molecule is O=C(O)[C@@H]1[C@@H](c2ccccc2)c2ccccc2[C@H](O)[C@@H]1CO. The molecule has 1 aliphatic carbocycles. The van der Waals surface area contributed by atoms with Crippen LogP contribution in [0.1, 0.15) is 28.7 Å². The topological polar surface area (TPSA) is 77.8 Å². The minimum atomic E-state index is -0.999. The largest absolute Gasteiger partial charge is 0.481 e. The Morgan fingerprint density at radius 3 is 2.14 bits per heavy atom. The van der Waals surface area contributed by atoms with Crippen molar-refractivity contribution >= 4 is 5.97 Å². The van der Waals surface area contributed by atoms with Crippen LogP contribution in [-0.4, -0.2) is 27.9 Å². The molecule has 4 nitrogen and oxygen atoms in total. The lowest BCUT2D eigenvalue weighted by molar-refractivity contribution is -0.148. The highest BCUT2D eigenvalue weighted by Gasteiger charge is 2.46. The van der Waals surface area contributed by atoms with Gasteiger partial charge in [-0.2, -0.15) is 0 Å². The first-order valence-corrected chi connectivity index (χ1v) is 7.30. The molecule has 0 saturated heterocycles. The van der Waals surface area contributed by atoms with Gasteiger partial charge in [-0.15, -0.1) is 0 Å². The Morgan fingerprint density at radius 1 is 0.955 bits per heavy atom. The number of aliphatic hydroxyl groups is 2. The average Bonchev–Trinajstić information content (AvgIpc) is 2.55. The average molecular weight is 298 g/mol. The summed E-state index contributed by atoms with van der Waals surface area (Å²) in [7, 11) is 0. The molecule has 22 heavy (non-hydrogen) atoms. The van der Waals surface area contributed by atoms with E-state index in [0.717, 1.165) is 11.1 Å². The number of hydrogen-bond donors (Lipinski definition) is 3. The normalized spacial score (nSPS) is 27.2. The van der Waals surface area contributed by atoms with Crippen LogP contribution in [0.4, 0.5) is 0 Å². The standard InChI is InChI=1S/C18H18O4/c19-10-14-16(18(21)22)15(11-6-2-1-3-7-11)12-8-4-5-9-13(12)17(14)20/h1-9,14-17,19-20H,10H2,(H,21,22)/t14-,15+,16+,17+/m1/s1. The summed E-state index contributed by atoms with van der Waals surface area (Å²) in [6.07, 6.45) is -0.970. The summed E-state index contributed by atoms with van der Waals surface area (Å²) in [5, 5.41) is 29.8. The third-order valence-electron chi connectivity index (χ3n) is 4.53. The molecule has 2 aromatic rings. The van der Waals surface area contributed by atoms with Gasteiger partial charge in [-0.05, 0) is 16.7 Å². The first-order chi connectivity index (χ1) is 10.6. The van der Waals surface area contributed by atoms with E-state index >= 15 is 0 Å². The van der Waals surface area contributed by atoms with Gasteiger partial charge in [0.2, 0.25) is 0 Å². The van der Waals surface area contributed by atoms with Crippen molar-refractivity contribution in [3.8, 4) is 0 Å². The van der Waals surface area contributed by atoms with Crippen molar-refractivity contribution in [2.75, 3.05) is 6.61 Å². The van der Waals surface area contributed by atoms with E-state index in [2.05, 4.69) is 0 Å². The zero-order valence-corrected chi connectivity index (χ0v) is 12.0. The molecule has 2 aromatic carbocycles. The molecule has 0 saturated carbocycles. The van der Waals surface area contributed by atoms with Crippen LogP contribution in [0.25, 0.3) is 0 Å². The molecule has 0 aliphatic heterocycles. The molecule has 0 heterocycles. The highest BCUT2D eigenvalue weighted by molar-refractivity contribution is 5.74. The summed E-state index contributed by atoms with van der Waals surface area (Å²) in [4.78, 5) is 11.8. The number of fused-ring (bicyclic) bond motifs is 1. The molecule has 4 heteroatoms. The second-order valence-electron chi connectivity index (χ2n) is 5.67. The fourth-order valence-corrected chi connectivity index (χ4v) is 3.52. The quantitative estimate of drug-likeness (QED) is 0.811. The molecule has 0 fully saturated rings. The first kappa shape index (κ1) is 14.8. The van der Waals surface area contributed by atoms with E-state index in [4.69, 9.17) is 0 Å². The Morgan fingerprint density at radius 2 is 1.55 bits per heavy atom. The molecule has 0 aromatic heterocycles. The number of aliphatic hydroxyl groups excluding tert-OH is 2. The smallest absolute Gasteiger partial charge is 0.307 e. The molecule has 1 aliphatic rings. The van der Waals surface area contributed by atoms with Crippen molar-refractivity contribution in [2.45, 2.75) is 12.0 Å². The van der Waals surface area contributed by atoms with E-state index in [1.165, 1.54) is 0 Å². The molecule has 0 amide bonds. The lowest BCUT2D eigenvalue weighted by atomic mass is 9.65. The van der Waals surface area contributed by atoms with Crippen molar-refractivity contribution in [3.63, 3.8) is 0 Å². The lowest BCUT2D eigenvalue weighted by Gasteiger charge is -2.40. The van der Waals surface area contributed by atoms with Crippen LogP contribution in [0.3, 0.4) is 0 Å². The highest BCUT2D eigenvalue weighted by atomic mass is 16.4. The monoisotopic (exact) mass is 298 g/mol. The second-order valence-corrected chi connectivity index (χ2v) is 5.67. The summed E-state index contributed by atoms with van der Waals surface area (Å²) in [6.45, 7) is -0.365. The molecule has 4 atom stereocenters. The Bertz CT molecular complexity index is 668. The van der Waals surface area contributed by atoms with E-state index in [0.29, 0.717) is 5.56 Å². The van der Waals surface area contributed by atoms with Gasteiger partial charge in [0.1, 0.15) is 0 Å². The highest BCUT2D eigenvalue weighted by Crippen LogP contribution is 2.48. The van der Waals surface area contributed by atoms with Crippen LogP contribution in [-0.2, 0) is 4.79 Å². The van der Waals surface area contributed by atoms with Crippen LogP contribution in [0, 0.1) is 11.8 Å². The minimum Gasteiger partial charge on any atom is -0.481 e. The second kappa shape index (κ2) is 5.91. The number of aliphatic carboxylic acids is 1. The summed E-state index contributed by atoms with van der Waals surface area (Å²) in [6, 6.07) is 16.7. The van der Waals surface area contributed by atoms with Gasteiger partial charge in [-0.25, -0.2) is 0 Å². The van der Waals surface area contributed by atoms with Gasteiger partial charge < -0.3 is 15.3 Å². The Labute approximate surface area is 128 Å². The fraction of sp³-hybridized carbons (Fsp3) is 0.278. The molecule has 114 valence electrons. The molecule has 0 radical (unpaired) electrons. The maximum atomic E-state index is 11.8. The molecule has 3 N–H and O–H groups in total. The number of carboxylic acids is 1. The maximum absolute atomic E-state index is 11.8. The van der Waals surface area contributed by atoms with Crippen molar-refractivity contribution in [2.24, 2.45) is 11.8 Å². The molecular weight excluding hydrogens is 280 g/mol. The third kappa shape index (κ3) is 2.30. The zero-order valence-electron chi connectivity index (χ0n) is 12.0. The third-order valence-corrected chi connectivity index (χ3v) is 4.53. The van der Waals surface area contributed by atoms with Crippen LogP contribution >= 0.6 is 0 Å². The van der Waals surface area contributed by atoms with E-state index in [1.807, 2.05) is 48.5 Å². The number of hydrogen-bond acceptors (Lipinski definition) is 3. The van der Waals surface area contributed by atoms with Crippen LogP contribution < -0.4 is 0 Å². The van der Waals surface area contributed by atoms with Crippen LogP contribution in [0.5, 0.6) is 0 Å². The van der Waals surface area contributed by atoms with Crippen LogP contribution in [0.15, 0.2) is 54.6 Å². The number of carboxylic acid groups (broad SMARTS) is 1. The molecule has 0 spiro atoms.